The molecule has 1 aromatic carbocycles. The number of halogens is 3. The average molecular weight is 433 g/mol. The second kappa shape index (κ2) is 7.12. The molecule has 0 spiro atoms. The molecule has 5 rings (SSSR count). The number of amides is 1. The first-order chi connectivity index (χ1) is 14.8. The Kier molecular flexibility index (Phi) is 4.50. The molecule has 1 unspecified atom stereocenters. The fourth-order valence-electron chi connectivity index (χ4n) is 3.98. The number of nitrogens with one attached hydrogen (secondary N) is 1. The highest BCUT2D eigenvalue weighted by Gasteiger charge is 2.47. The number of alkyl halides is 2. The van der Waals surface area contributed by atoms with Gasteiger partial charge in [0.2, 0.25) is 0 Å². The number of aliphatic hydroxyl groups is 1. The van der Waals surface area contributed by atoms with E-state index in [2.05, 4.69) is 15.4 Å². The van der Waals surface area contributed by atoms with Crippen LogP contribution in [0.4, 0.5) is 19.0 Å². The van der Waals surface area contributed by atoms with E-state index in [9.17, 15) is 23.1 Å². The number of carbonyl (C=O) groups is 1. The van der Waals surface area contributed by atoms with E-state index in [1.165, 1.54) is 33.9 Å². The molecule has 0 aliphatic carbocycles. The van der Waals surface area contributed by atoms with E-state index in [4.69, 9.17) is 4.74 Å². The third kappa shape index (κ3) is 3.54. The fourth-order valence-corrected chi connectivity index (χ4v) is 3.98. The summed E-state index contributed by atoms with van der Waals surface area (Å²) in [7, 11) is 0. The molecule has 0 radical (unpaired) electrons. The van der Waals surface area contributed by atoms with Crippen molar-refractivity contribution in [1.82, 2.24) is 19.9 Å². The van der Waals surface area contributed by atoms with E-state index in [0.29, 0.717) is 0 Å². The highest BCUT2D eigenvalue weighted by atomic mass is 19.3. The Bertz CT molecular complexity index is 1170. The molecule has 2 atom stereocenters. The number of aliphatic hydroxyl groups excluding tert-OH is 1. The minimum atomic E-state index is -3.05. The van der Waals surface area contributed by atoms with Crippen molar-refractivity contribution >= 4 is 17.4 Å². The number of aromatic nitrogens is 3. The van der Waals surface area contributed by atoms with Crippen LogP contribution in [0.5, 0.6) is 5.75 Å². The van der Waals surface area contributed by atoms with Crippen molar-refractivity contribution in [3.8, 4) is 5.75 Å². The summed E-state index contributed by atoms with van der Waals surface area (Å²) in [4.78, 5) is 18.3. The molecule has 2 aliphatic heterocycles. The predicted molar refractivity (Wildman–Crippen MR) is 103 cm³/mol. The molecule has 162 valence electrons. The van der Waals surface area contributed by atoms with Crippen LogP contribution >= 0.6 is 0 Å². The van der Waals surface area contributed by atoms with Gasteiger partial charge in [-0.05, 0) is 24.3 Å². The molecule has 0 saturated carbocycles. The number of carbonyl (C=O) groups excluding carboxylic acids is 1. The van der Waals surface area contributed by atoms with Crippen molar-refractivity contribution < 1.29 is 27.8 Å². The van der Waals surface area contributed by atoms with Gasteiger partial charge < -0.3 is 20.1 Å². The van der Waals surface area contributed by atoms with Crippen LogP contribution in [0.25, 0.3) is 5.65 Å². The summed E-state index contributed by atoms with van der Waals surface area (Å²) in [6.45, 7) is -0.954. The highest BCUT2D eigenvalue weighted by Crippen LogP contribution is 2.45. The van der Waals surface area contributed by atoms with E-state index < -0.39 is 42.8 Å². The van der Waals surface area contributed by atoms with Crippen molar-refractivity contribution in [1.29, 1.82) is 0 Å². The van der Waals surface area contributed by atoms with Crippen molar-refractivity contribution in [3.05, 3.63) is 53.6 Å². The zero-order valence-electron chi connectivity index (χ0n) is 16.1. The molecule has 2 aromatic heterocycles. The van der Waals surface area contributed by atoms with Crippen LogP contribution in [-0.4, -0.2) is 57.3 Å². The first-order valence-corrected chi connectivity index (χ1v) is 9.68. The maximum Gasteiger partial charge on any atom is 0.267 e. The van der Waals surface area contributed by atoms with Gasteiger partial charge in [-0.25, -0.2) is 22.7 Å². The van der Waals surface area contributed by atoms with Gasteiger partial charge in [0.05, 0.1) is 18.8 Å². The summed E-state index contributed by atoms with van der Waals surface area (Å²) < 4.78 is 50.1. The van der Waals surface area contributed by atoms with Crippen molar-refractivity contribution in [2.24, 2.45) is 0 Å². The maximum absolute atomic E-state index is 14.5. The van der Waals surface area contributed by atoms with Gasteiger partial charge in [-0.1, -0.05) is 0 Å². The van der Waals surface area contributed by atoms with Gasteiger partial charge in [-0.15, -0.1) is 0 Å². The molecule has 8 nitrogen and oxygen atoms in total. The summed E-state index contributed by atoms with van der Waals surface area (Å²) >= 11 is 0. The smallest absolute Gasteiger partial charge is 0.267 e. The molecule has 1 amide bonds. The van der Waals surface area contributed by atoms with Gasteiger partial charge in [0.1, 0.15) is 35.7 Å². The van der Waals surface area contributed by atoms with E-state index in [1.54, 1.807) is 0 Å². The second-order valence-corrected chi connectivity index (χ2v) is 7.67. The Hall–Kier alpha value is -3.34. The van der Waals surface area contributed by atoms with Crippen molar-refractivity contribution in [2.45, 2.75) is 24.5 Å². The number of anilines is 1. The van der Waals surface area contributed by atoms with Crippen LogP contribution in [0.2, 0.25) is 0 Å². The summed E-state index contributed by atoms with van der Waals surface area (Å²) in [5.41, 5.74) is 0.563. The lowest BCUT2D eigenvalue weighted by Crippen LogP contribution is -2.35. The molecular formula is C20H18F3N5O3. The molecule has 4 heterocycles. The molecule has 31 heavy (non-hydrogen) atoms. The number of β-amino-alcohol motifs (C(OH)–C–C–N with tert-alkyl or cyclic N) is 1. The van der Waals surface area contributed by atoms with E-state index >= 15 is 0 Å². The number of hydrogen-bond acceptors (Lipinski definition) is 6. The maximum atomic E-state index is 14.5. The number of benzene rings is 1. The van der Waals surface area contributed by atoms with Crippen molar-refractivity contribution in [3.63, 3.8) is 0 Å². The highest BCUT2D eigenvalue weighted by molar-refractivity contribution is 5.99. The molecule has 2 bridgehead atoms. The number of fused-ring (bicyclic) bond motifs is 5. The zero-order chi connectivity index (χ0) is 21.8. The molecule has 3 aromatic rings. The average Bonchev–Trinajstić information content (AvgIpc) is 3.30. The predicted octanol–water partition coefficient (Wildman–Crippen LogP) is 1.94. The lowest BCUT2D eigenvalue weighted by molar-refractivity contribution is 0.0221. The topological polar surface area (TPSA) is 92.0 Å². The van der Waals surface area contributed by atoms with Crippen molar-refractivity contribution in [2.75, 3.05) is 24.6 Å². The molecule has 2 aliphatic rings. The number of rotatable bonds is 0. The summed E-state index contributed by atoms with van der Waals surface area (Å²) in [5.74, 6) is -3.76. The monoisotopic (exact) mass is 433 g/mol. The second-order valence-electron chi connectivity index (χ2n) is 7.67. The molecule has 11 heteroatoms. The fraction of sp³-hybridized carbons (Fsp3) is 0.350. The van der Waals surface area contributed by atoms with Gasteiger partial charge in [0.25, 0.3) is 11.8 Å². The quantitative estimate of drug-likeness (QED) is 0.563. The zero-order valence-corrected chi connectivity index (χ0v) is 16.1. The minimum Gasteiger partial charge on any atom is -0.490 e. The van der Waals surface area contributed by atoms with Gasteiger partial charge in [0, 0.05) is 24.7 Å². The van der Waals surface area contributed by atoms with Gasteiger partial charge in [-0.2, -0.15) is 5.10 Å². The molecule has 2 N–H and O–H groups in total. The minimum absolute atomic E-state index is 0.111. The van der Waals surface area contributed by atoms with Gasteiger partial charge in [0.15, 0.2) is 5.65 Å². The third-order valence-electron chi connectivity index (χ3n) is 5.42. The van der Waals surface area contributed by atoms with Gasteiger partial charge >= 0.3 is 0 Å². The lowest BCUT2D eigenvalue weighted by atomic mass is 10.0. The Morgan fingerprint density at radius 3 is 2.97 bits per heavy atom. The number of nitrogens with zero attached hydrogens (tertiary/aromatic N) is 4. The van der Waals surface area contributed by atoms with Crippen LogP contribution in [0.3, 0.4) is 0 Å². The van der Waals surface area contributed by atoms with Crippen LogP contribution in [0.15, 0.2) is 36.7 Å². The third-order valence-corrected chi connectivity index (χ3v) is 5.42. The first-order valence-electron chi connectivity index (χ1n) is 9.68. The van der Waals surface area contributed by atoms with Gasteiger partial charge in [-0.3, -0.25) is 4.79 Å². The SMILES string of the molecule is O=C1NC[C@H](O)COc2ccc(F)cc2C2CC(F)(F)CN2c2ccn3ncc1c3n2. The van der Waals surface area contributed by atoms with Crippen LogP contribution < -0.4 is 15.0 Å². The van der Waals surface area contributed by atoms with Crippen LogP contribution in [0, 0.1) is 5.82 Å². The summed E-state index contributed by atoms with van der Waals surface area (Å²) in [5, 5.41) is 16.8. The Morgan fingerprint density at radius 2 is 2.13 bits per heavy atom. The molecule has 1 saturated heterocycles. The Labute approximate surface area is 174 Å². The van der Waals surface area contributed by atoms with Crippen LogP contribution in [0.1, 0.15) is 28.4 Å². The summed E-state index contributed by atoms with van der Waals surface area (Å²) in [6, 6.07) is 4.28. The Balaban J connectivity index is 1.69. The molecular weight excluding hydrogens is 415 g/mol. The standard InChI is InChI=1S/C20H18F3N5O3/c21-11-1-2-16-13(5-11)15-6-20(22,23)10-27(15)17-3-4-28-18(26-17)14(8-25-28)19(30)24-7-12(29)9-31-16/h1-5,8,12,15,29H,6-7,9-10H2,(H,24,30)/t12-,15?/m0/s1. The van der Waals surface area contributed by atoms with Crippen LogP contribution in [-0.2, 0) is 0 Å². The summed E-state index contributed by atoms with van der Waals surface area (Å²) in [6.07, 6.45) is 1.20. The largest absolute Gasteiger partial charge is 0.490 e. The van der Waals surface area contributed by atoms with E-state index in [-0.39, 0.29) is 41.5 Å². The number of ether oxygens (including phenoxy) is 1. The lowest BCUT2D eigenvalue weighted by Gasteiger charge is -2.27. The first kappa shape index (κ1) is 19.6. The normalized spacial score (nSPS) is 23.1. The molecule has 1 fully saturated rings. The van der Waals surface area contributed by atoms with E-state index in [1.807, 2.05) is 0 Å². The Morgan fingerprint density at radius 1 is 1.29 bits per heavy atom. The number of hydrogen-bond donors (Lipinski definition) is 2. The van der Waals surface area contributed by atoms with E-state index in [0.717, 1.165) is 12.1 Å².